The highest BCUT2D eigenvalue weighted by Crippen LogP contribution is 2.24. The molecular weight excluding hydrogens is 278 g/mol. The van der Waals surface area contributed by atoms with E-state index in [2.05, 4.69) is 5.32 Å². The molecule has 0 aliphatic rings. The fourth-order valence-electron chi connectivity index (χ4n) is 1.82. The zero-order chi connectivity index (χ0) is 14.5. The summed E-state index contributed by atoms with van der Waals surface area (Å²) in [4.78, 5) is 11.4. The van der Waals surface area contributed by atoms with Crippen LogP contribution < -0.4 is 10.1 Å². The minimum atomic E-state index is -0.965. The number of hydrogen-bond donors (Lipinski definition) is 2. The number of halogens is 1. The Morgan fingerprint density at radius 1 is 1.25 bits per heavy atom. The topological polar surface area (TPSA) is 58.6 Å². The van der Waals surface area contributed by atoms with Gasteiger partial charge in [-0.3, -0.25) is 0 Å². The van der Waals surface area contributed by atoms with Gasteiger partial charge in [0.2, 0.25) is 0 Å². The molecule has 0 heterocycles. The Labute approximate surface area is 122 Å². The van der Waals surface area contributed by atoms with E-state index in [1.165, 1.54) is 0 Å². The van der Waals surface area contributed by atoms with Crippen molar-refractivity contribution in [1.82, 2.24) is 0 Å². The van der Waals surface area contributed by atoms with E-state index in [0.29, 0.717) is 22.0 Å². The van der Waals surface area contributed by atoms with Gasteiger partial charge in [-0.15, -0.1) is 0 Å². The third-order valence-electron chi connectivity index (χ3n) is 2.83. The molecular formula is C15H14ClNO3. The van der Waals surface area contributed by atoms with Gasteiger partial charge in [0, 0.05) is 10.7 Å². The number of rotatable bonds is 5. The van der Waals surface area contributed by atoms with Gasteiger partial charge in [0.05, 0.1) is 7.11 Å². The van der Waals surface area contributed by atoms with Gasteiger partial charge >= 0.3 is 5.97 Å². The van der Waals surface area contributed by atoms with Crippen LogP contribution in [0.4, 0.5) is 5.69 Å². The third-order valence-corrected chi connectivity index (χ3v) is 3.08. The first kappa shape index (κ1) is 14.2. The molecule has 0 saturated carbocycles. The summed E-state index contributed by atoms with van der Waals surface area (Å²) < 4.78 is 5.11. The molecule has 2 aromatic rings. The van der Waals surface area contributed by atoms with Crippen LogP contribution in [0.2, 0.25) is 5.02 Å². The monoisotopic (exact) mass is 291 g/mol. The second-order valence-corrected chi connectivity index (χ2v) is 4.64. The molecule has 0 aliphatic heterocycles. The van der Waals surface area contributed by atoms with Crippen LogP contribution in [0.25, 0.3) is 0 Å². The van der Waals surface area contributed by atoms with Crippen molar-refractivity contribution in [1.29, 1.82) is 0 Å². The number of benzene rings is 2. The molecule has 20 heavy (non-hydrogen) atoms. The average Bonchev–Trinajstić information content (AvgIpc) is 2.46. The van der Waals surface area contributed by atoms with Gasteiger partial charge in [0.1, 0.15) is 5.75 Å². The Morgan fingerprint density at radius 2 is 1.95 bits per heavy atom. The van der Waals surface area contributed by atoms with Crippen molar-refractivity contribution in [2.45, 2.75) is 6.04 Å². The summed E-state index contributed by atoms with van der Waals surface area (Å²) in [6, 6.07) is 13.0. The largest absolute Gasteiger partial charge is 0.497 e. The number of hydrogen-bond acceptors (Lipinski definition) is 3. The third kappa shape index (κ3) is 3.42. The zero-order valence-corrected chi connectivity index (χ0v) is 11.6. The van der Waals surface area contributed by atoms with E-state index >= 15 is 0 Å². The number of carboxylic acids is 1. The maximum atomic E-state index is 11.4. The smallest absolute Gasteiger partial charge is 0.330 e. The van der Waals surface area contributed by atoms with Crippen LogP contribution in [0.3, 0.4) is 0 Å². The van der Waals surface area contributed by atoms with Crippen molar-refractivity contribution in [3.63, 3.8) is 0 Å². The number of carbonyl (C=O) groups is 1. The van der Waals surface area contributed by atoms with Crippen molar-refractivity contribution in [3.8, 4) is 5.75 Å². The number of ether oxygens (including phenoxy) is 1. The molecule has 0 radical (unpaired) electrons. The van der Waals surface area contributed by atoms with Gasteiger partial charge < -0.3 is 15.2 Å². The quantitative estimate of drug-likeness (QED) is 0.884. The molecule has 2 aromatic carbocycles. The highest BCUT2D eigenvalue weighted by molar-refractivity contribution is 6.30. The number of nitrogens with one attached hydrogen (secondary N) is 1. The normalized spacial score (nSPS) is 11.7. The highest BCUT2D eigenvalue weighted by atomic mass is 35.5. The van der Waals surface area contributed by atoms with Crippen molar-refractivity contribution >= 4 is 23.3 Å². The Balaban J connectivity index is 2.26. The van der Waals surface area contributed by atoms with Crippen LogP contribution in [0.1, 0.15) is 11.6 Å². The molecule has 0 aromatic heterocycles. The Morgan fingerprint density at radius 3 is 2.55 bits per heavy atom. The van der Waals surface area contributed by atoms with Gasteiger partial charge in [0.15, 0.2) is 6.04 Å². The molecule has 2 N–H and O–H groups in total. The van der Waals surface area contributed by atoms with Gasteiger partial charge in [-0.05, 0) is 42.0 Å². The molecule has 104 valence electrons. The van der Waals surface area contributed by atoms with Crippen LogP contribution in [-0.2, 0) is 4.79 Å². The molecule has 0 aliphatic carbocycles. The second kappa shape index (κ2) is 6.30. The fourth-order valence-corrected chi connectivity index (χ4v) is 1.95. The van der Waals surface area contributed by atoms with E-state index in [0.717, 1.165) is 0 Å². The average molecular weight is 292 g/mol. The van der Waals surface area contributed by atoms with Crippen molar-refractivity contribution in [3.05, 3.63) is 59.1 Å². The van der Waals surface area contributed by atoms with Gasteiger partial charge in [0.25, 0.3) is 0 Å². The van der Waals surface area contributed by atoms with E-state index in [1.807, 2.05) is 0 Å². The van der Waals surface area contributed by atoms with Crippen molar-refractivity contribution in [2.24, 2.45) is 0 Å². The Bertz CT molecular complexity index is 598. The molecule has 5 heteroatoms. The number of aliphatic carboxylic acids is 1. The van der Waals surface area contributed by atoms with Crippen molar-refractivity contribution in [2.75, 3.05) is 12.4 Å². The Hall–Kier alpha value is -2.20. The summed E-state index contributed by atoms with van der Waals surface area (Å²) in [5, 5.41) is 12.9. The second-order valence-electron chi connectivity index (χ2n) is 4.20. The van der Waals surface area contributed by atoms with Gasteiger partial charge in [-0.2, -0.15) is 0 Å². The molecule has 0 fully saturated rings. The maximum Gasteiger partial charge on any atom is 0.330 e. The summed E-state index contributed by atoms with van der Waals surface area (Å²) >= 11 is 5.81. The molecule has 0 spiro atoms. The van der Waals surface area contributed by atoms with Crippen molar-refractivity contribution < 1.29 is 14.6 Å². The fraction of sp³-hybridized carbons (Fsp3) is 0.133. The lowest BCUT2D eigenvalue weighted by Gasteiger charge is -2.17. The van der Waals surface area contributed by atoms with Crippen LogP contribution in [-0.4, -0.2) is 18.2 Å². The maximum absolute atomic E-state index is 11.4. The Kier molecular flexibility index (Phi) is 4.48. The first-order chi connectivity index (χ1) is 9.60. The molecule has 2 rings (SSSR count). The molecule has 0 amide bonds. The number of carboxylic acid groups (broad SMARTS) is 1. The molecule has 4 nitrogen and oxygen atoms in total. The molecule has 0 bridgehead atoms. The zero-order valence-electron chi connectivity index (χ0n) is 10.8. The minimum absolute atomic E-state index is 0.601. The summed E-state index contributed by atoms with van der Waals surface area (Å²) in [6.07, 6.45) is 0. The predicted octanol–water partition coefficient (Wildman–Crippen LogP) is 3.59. The first-order valence-corrected chi connectivity index (χ1v) is 6.37. The summed E-state index contributed by atoms with van der Waals surface area (Å²) in [5.74, 6) is -0.347. The number of anilines is 1. The van der Waals surface area contributed by atoms with Crippen LogP contribution in [0.15, 0.2) is 48.5 Å². The van der Waals surface area contributed by atoms with E-state index in [9.17, 15) is 9.90 Å². The SMILES string of the molecule is COc1cccc(C(Nc2ccc(Cl)cc2)C(=O)O)c1. The lowest BCUT2D eigenvalue weighted by atomic mass is 10.1. The minimum Gasteiger partial charge on any atom is -0.497 e. The standard InChI is InChI=1S/C15H14ClNO3/c1-20-13-4-2-3-10(9-13)14(15(18)19)17-12-7-5-11(16)6-8-12/h2-9,14,17H,1H3,(H,18,19). The lowest BCUT2D eigenvalue weighted by Crippen LogP contribution is -2.20. The highest BCUT2D eigenvalue weighted by Gasteiger charge is 2.20. The van der Waals surface area contributed by atoms with E-state index < -0.39 is 12.0 Å². The van der Waals surface area contributed by atoms with E-state index in [-0.39, 0.29) is 0 Å². The van der Waals surface area contributed by atoms with Gasteiger partial charge in [-0.25, -0.2) is 4.79 Å². The first-order valence-electron chi connectivity index (χ1n) is 5.99. The summed E-state index contributed by atoms with van der Waals surface area (Å²) in [5.41, 5.74) is 1.30. The van der Waals surface area contributed by atoms with E-state index in [1.54, 1.807) is 55.6 Å². The number of methoxy groups -OCH3 is 1. The van der Waals surface area contributed by atoms with Crippen LogP contribution >= 0.6 is 11.6 Å². The molecule has 1 atom stereocenters. The molecule has 0 saturated heterocycles. The molecule has 1 unspecified atom stereocenters. The van der Waals surface area contributed by atoms with Crippen LogP contribution in [0.5, 0.6) is 5.75 Å². The summed E-state index contributed by atoms with van der Waals surface area (Å²) in [6.45, 7) is 0. The van der Waals surface area contributed by atoms with Gasteiger partial charge in [-0.1, -0.05) is 23.7 Å². The van der Waals surface area contributed by atoms with Crippen LogP contribution in [0, 0.1) is 0 Å². The predicted molar refractivity (Wildman–Crippen MR) is 78.4 cm³/mol. The van der Waals surface area contributed by atoms with E-state index in [4.69, 9.17) is 16.3 Å². The lowest BCUT2D eigenvalue weighted by molar-refractivity contribution is -0.138. The summed E-state index contributed by atoms with van der Waals surface area (Å²) in [7, 11) is 1.54.